The highest BCUT2D eigenvalue weighted by Gasteiger charge is 2.20. The van der Waals surface area contributed by atoms with Gasteiger partial charge in [-0.1, -0.05) is 42.1 Å². The first-order valence-electron chi connectivity index (χ1n) is 7.68. The van der Waals surface area contributed by atoms with E-state index in [2.05, 4.69) is 15.5 Å². The van der Waals surface area contributed by atoms with Gasteiger partial charge in [0.2, 0.25) is 5.16 Å². The van der Waals surface area contributed by atoms with Crippen molar-refractivity contribution < 1.29 is 4.79 Å². The molecular formula is C18H18N4OS. The summed E-state index contributed by atoms with van der Waals surface area (Å²) in [6, 6.07) is 15.4. The molecule has 0 fully saturated rings. The fourth-order valence-electron chi connectivity index (χ4n) is 2.32. The van der Waals surface area contributed by atoms with Crippen molar-refractivity contribution in [3.8, 4) is 5.69 Å². The number of ketones is 1. The lowest BCUT2D eigenvalue weighted by atomic mass is 10.0. The Bertz CT molecular complexity index is 860. The van der Waals surface area contributed by atoms with Crippen molar-refractivity contribution in [3.05, 3.63) is 65.2 Å². The molecular weight excluding hydrogens is 320 g/mol. The molecule has 3 aromatic rings. The van der Waals surface area contributed by atoms with E-state index in [1.807, 2.05) is 69.3 Å². The maximum atomic E-state index is 12.7. The van der Waals surface area contributed by atoms with Crippen molar-refractivity contribution in [3.63, 3.8) is 0 Å². The van der Waals surface area contributed by atoms with Crippen LogP contribution >= 0.6 is 11.8 Å². The lowest BCUT2D eigenvalue weighted by Crippen LogP contribution is -2.15. The van der Waals surface area contributed by atoms with E-state index in [0.29, 0.717) is 5.16 Å². The summed E-state index contributed by atoms with van der Waals surface area (Å²) < 4.78 is 1.65. The Morgan fingerprint density at radius 3 is 2.54 bits per heavy atom. The van der Waals surface area contributed by atoms with E-state index in [0.717, 1.165) is 16.8 Å². The van der Waals surface area contributed by atoms with E-state index in [9.17, 15) is 4.79 Å². The third-order valence-electron chi connectivity index (χ3n) is 3.88. The number of hydrogen-bond donors (Lipinski definition) is 0. The van der Waals surface area contributed by atoms with E-state index in [1.165, 1.54) is 17.3 Å². The number of rotatable bonds is 5. The maximum Gasteiger partial charge on any atom is 0.214 e. The Balaban J connectivity index is 1.80. The molecule has 24 heavy (non-hydrogen) atoms. The van der Waals surface area contributed by atoms with Crippen molar-refractivity contribution in [2.75, 3.05) is 0 Å². The van der Waals surface area contributed by atoms with Crippen LogP contribution in [0.15, 0.2) is 53.7 Å². The van der Waals surface area contributed by atoms with Gasteiger partial charge in [0.1, 0.15) is 0 Å². The van der Waals surface area contributed by atoms with Crippen LogP contribution in [0.5, 0.6) is 0 Å². The van der Waals surface area contributed by atoms with Gasteiger partial charge < -0.3 is 0 Å². The molecule has 2 aromatic carbocycles. The lowest BCUT2D eigenvalue weighted by molar-refractivity contribution is 0.0993. The van der Waals surface area contributed by atoms with Crippen LogP contribution in [0, 0.1) is 13.8 Å². The maximum absolute atomic E-state index is 12.7. The number of hydrogen-bond acceptors (Lipinski definition) is 5. The number of tetrazole rings is 1. The van der Waals surface area contributed by atoms with Crippen LogP contribution in [-0.2, 0) is 0 Å². The number of aryl methyl sites for hydroxylation is 2. The number of nitrogens with zero attached hydrogens (tertiary/aromatic N) is 4. The second-order valence-corrected chi connectivity index (χ2v) is 6.94. The quantitative estimate of drug-likeness (QED) is 0.525. The summed E-state index contributed by atoms with van der Waals surface area (Å²) in [6.07, 6.45) is 0. The van der Waals surface area contributed by atoms with Crippen molar-refractivity contribution in [2.24, 2.45) is 0 Å². The first-order valence-corrected chi connectivity index (χ1v) is 8.56. The zero-order valence-electron chi connectivity index (χ0n) is 13.8. The molecule has 6 heteroatoms. The molecule has 122 valence electrons. The number of benzene rings is 2. The van der Waals surface area contributed by atoms with Gasteiger partial charge in [-0.2, -0.15) is 4.68 Å². The number of carbonyl (C=O) groups is 1. The molecule has 0 N–H and O–H groups in total. The summed E-state index contributed by atoms with van der Waals surface area (Å²) in [4.78, 5) is 12.7. The molecule has 1 aromatic heterocycles. The SMILES string of the molecule is Cc1ccc(C(=O)C(C)Sc2nnnn2-c2ccccc2)cc1C. The number of para-hydroxylation sites is 1. The van der Waals surface area contributed by atoms with Crippen LogP contribution in [0.4, 0.5) is 0 Å². The summed E-state index contributed by atoms with van der Waals surface area (Å²) in [5, 5.41) is 12.1. The summed E-state index contributed by atoms with van der Waals surface area (Å²) in [6.45, 7) is 5.93. The van der Waals surface area contributed by atoms with Gasteiger partial charge in [0.15, 0.2) is 5.78 Å². The number of Topliss-reactive ketones (excluding diaryl/α,β-unsaturated/α-hetero) is 1. The van der Waals surface area contributed by atoms with Crippen LogP contribution in [0.25, 0.3) is 5.69 Å². The molecule has 1 heterocycles. The Morgan fingerprint density at radius 2 is 1.83 bits per heavy atom. The molecule has 0 aliphatic heterocycles. The number of thioether (sulfide) groups is 1. The van der Waals surface area contributed by atoms with E-state index < -0.39 is 0 Å². The predicted octanol–water partition coefficient (Wildman–Crippen LogP) is 3.64. The smallest absolute Gasteiger partial charge is 0.214 e. The van der Waals surface area contributed by atoms with Crippen LogP contribution in [0.2, 0.25) is 0 Å². The van der Waals surface area contributed by atoms with E-state index >= 15 is 0 Å². The Morgan fingerprint density at radius 1 is 1.08 bits per heavy atom. The van der Waals surface area contributed by atoms with E-state index in [1.54, 1.807) is 4.68 Å². The Hall–Kier alpha value is -2.47. The number of aromatic nitrogens is 4. The third-order valence-corrected chi connectivity index (χ3v) is 4.92. The molecule has 0 saturated carbocycles. The predicted molar refractivity (Wildman–Crippen MR) is 94.7 cm³/mol. The topological polar surface area (TPSA) is 60.7 Å². The zero-order chi connectivity index (χ0) is 17.1. The molecule has 0 spiro atoms. The molecule has 0 amide bonds. The number of carbonyl (C=O) groups excluding carboxylic acids is 1. The van der Waals surface area contributed by atoms with Crippen molar-refractivity contribution in [1.82, 2.24) is 20.2 Å². The Labute approximate surface area is 145 Å². The molecule has 0 bridgehead atoms. The summed E-state index contributed by atoms with van der Waals surface area (Å²) >= 11 is 1.36. The minimum Gasteiger partial charge on any atom is -0.293 e. The van der Waals surface area contributed by atoms with Crippen LogP contribution < -0.4 is 0 Å². The molecule has 0 radical (unpaired) electrons. The molecule has 1 atom stereocenters. The van der Waals surface area contributed by atoms with Gasteiger partial charge in [-0.05, 0) is 60.5 Å². The van der Waals surface area contributed by atoms with Crippen LogP contribution in [0.1, 0.15) is 28.4 Å². The largest absolute Gasteiger partial charge is 0.293 e. The average Bonchev–Trinajstić information content (AvgIpc) is 3.05. The Kier molecular flexibility index (Phi) is 4.76. The van der Waals surface area contributed by atoms with Gasteiger partial charge >= 0.3 is 0 Å². The second-order valence-electron chi connectivity index (χ2n) is 5.63. The van der Waals surface area contributed by atoms with Crippen molar-refractivity contribution >= 4 is 17.5 Å². The summed E-state index contributed by atoms with van der Waals surface area (Å²) in [7, 11) is 0. The molecule has 5 nitrogen and oxygen atoms in total. The van der Waals surface area contributed by atoms with Gasteiger partial charge in [-0.3, -0.25) is 4.79 Å². The van der Waals surface area contributed by atoms with Crippen molar-refractivity contribution in [2.45, 2.75) is 31.2 Å². The van der Waals surface area contributed by atoms with Gasteiger partial charge in [0.05, 0.1) is 10.9 Å². The third kappa shape index (κ3) is 3.38. The van der Waals surface area contributed by atoms with Crippen LogP contribution in [0.3, 0.4) is 0 Å². The van der Waals surface area contributed by atoms with Crippen LogP contribution in [-0.4, -0.2) is 31.2 Å². The standard InChI is InChI=1S/C18H18N4OS/c1-12-9-10-15(11-13(12)2)17(23)14(3)24-18-19-20-21-22(18)16-7-5-4-6-8-16/h4-11,14H,1-3H3. The molecule has 0 aliphatic carbocycles. The van der Waals surface area contributed by atoms with Gasteiger partial charge in [0, 0.05) is 5.56 Å². The molecule has 0 saturated heterocycles. The molecule has 0 aliphatic rings. The molecule has 3 rings (SSSR count). The average molecular weight is 338 g/mol. The minimum absolute atomic E-state index is 0.0747. The fourth-order valence-corrected chi connectivity index (χ4v) is 3.21. The summed E-state index contributed by atoms with van der Waals surface area (Å²) in [5.41, 5.74) is 3.89. The first-order chi connectivity index (χ1) is 11.6. The lowest BCUT2D eigenvalue weighted by Gasteiger charge is -2.11. The van der Waals surface area contributed by atoms with E-state index in [4.69, 9.17) is 0 Å². The van der Waals surface area contributed by atoms with Gasteiger partial charge in [0.25, 0.3) is 0 Å². The van der Waals surface area contributed by atoms with Gasteiger partial charge in [-0.25, -0.2) is 0 Å². The van der Waals surface area contributed by atoms with Gasteiger partial charge in [-0.15, -0.1) is 5.10 Å². The normalized spacial score (nSPS) is 12.1. The second kappa shape index (κ2) is 6.97. The minimum atomic E-state index is -0.277. The zero-order valence-corrected chi connectivity index (χ0v) is 14.6. The van der Waals surface area contributed by atoms with E-state index in [-0.39, 0.29) is 11.0 Å². The highest BCUT2D eigenvalue weighted by atomic mass is 32.2. The summed E-state index contributed by atoms with van der Waals surface area (Å²) in [5.74, 6) is 0.0747. The fraction of sp³-hybridized carbons (Fsp3) is 0.222. The first kappa shape index (κ1) is 16.4. The molecule has 1 unspecified atom stereocenters. The highest BCUT2D eigenvalue weighted by Crippen LogP contribution is 2.25. The monoisotopic (exact) mass is 338 g/mol. The van der Waals surface area contributed by atoms with Crippen molar-refractivity contribution in [1.29, 1.82) is 0 Å². The highest BCUT2D eigenvalue weighted by molar-refractivity contribution is 8.00.